The summed E-state index contributed by atoms with van der Waals surface area (Å²) in [5.41, 5.74) is 0.106. The first kappa shape index (κ1) is 16.8. The van der Waals surface area contributed by atoms with Crippen molar-refractivity contribution in [3.8, 4) is 0 Å². The molecule has 25 heavy (non-hydrogen) atoms. The van der Waals surface area contributed by atoms with E-state index in [2.05, 4.69) is 5.32 Å². The lowest BCUT2D eigenvalue weighted by atomic mass is 9.49. The Balaban J connectivity index is 1.25. The number of carbonyl (C=O) groups excluding carboxylic acids is 3. The Kier molecular flexibility index (Phi) is 4.40. The maximum Gasteiger partial charge on any atom is 0.306 e. The standard InChI is InChI=1S/C19H23NO4S/c21-16(20-18(23)15-2-1-3-25-15)11-24-17(22)10-19-7-12-4-13(8-19)6-14(5-12)9-19/h1-3,12-14H,4-11H2,(H,20,21,23). The summed E-state index contributed by atoms with van der Waals surface area (Å²) in [5.74, 6) is 1.03. The van der Waals surface area contributed by atoms with Crippen LogP contribution in [0, 0.1) is 23.2 Å². The Morgan fingerprint density at radius 2 is 1.76 bits per heavy atom. The van der Waals surface area contributed by atoms with Crippen molar-refractivity contribution in [2.24, 2.45) is 23.2 Å². The second-order valence-electron chi connectivity index (χ2n) is 8.11. The molecule has 0 atom stereocenters. The summed E-state index contributed by atoms with van der Waals surface area (Å²) in [6.45, 7) is -0.387. The zero-order valence-corrected chi connectivity index (χ0v) is 15.0. The van der Waals surface area contributed by atoms with Crippen molar-refractivity contribution in [1.82, 2.24) is 5.32 Å². The predicted octanol–water partition coefficient (Wildman–Crippen LogP) is 3.15. The molecule has 4 bridgehead atoms. The van der Waals surface area contributed by atoms with Gasteiger partial charge in [-0.1, -0.05) is 6.07 Å². The van der Waals surface area contributed by atoms with Gasteiger partial charge in [0.1, 0.15) is 0 Å². The molecule has 1 aromatic rings. The van der Waals surface area contributed by atoms with Gasteiger partial charge in [-0.25, -0.2) is 0 Å². The lowest BCUT2D eigenvalue weighted by Crippen LogP contribution is -2.47. The topological polar surface area (TPSA) is 72.5 Å². The van der Waals surface area contributed by atoms with Gasteiger partial charge in [0, 0.05) is 0 Å². The number of nitrogens with one attached hydrogen (secondary N) is 1. The molecule has 0 aliphatic heterocycles. The summed E-state index contributed by atoms with van der Waals surface area (Å²) >= 11 is 1.26. The number of imide groups is 1. The van der Waals surface area contributed by atoms with Gasteiger partial charge in [-0.3, -0.25) is 19.7 Å². The highest BCUT2D eigenvalue weighted by atomic mass is 32.1. The molecule has 4 fully saturated rings. The summed E-state index contributed by atoms with van der Waals surface area (Å²) in [6.07, 6.45) is 7.83. The largest absolute Gasteiger partial charge is 0.456 e. The van der Waals surface area contributed by atoms with Crippen molar-refractivity contribution in [2.45, 2.75) is 44.9 Å². The molecule has 0 saturated heterocycles. The van der Waals surface area contributed by atoms with Gasteiger partial charge in [0.25, 0.3) is 11.8 Å². The lowest BCUT2D eigenvalue weighted by Gasteiger charge is -2.56. The molecule has 4 aliphatic rings. The van der Waals surface area contributed by atoms with Gasteiger partial charge >= 0.3 is 5.97 Å². The summed E-state index contributed by atoms with van der Waals surface area (Å²) in [6, 6.07) is 3.39. The number of hydrogen-bond donors (Lipinski definition) is 1. The van der Waals surface area contributed by atoms with E-state index in [0.717, 1.165) is 37.0 Å². The van der Waals surface area contributed by atoms with Crippen molar-refractivity contribution in [1.29, 1.82) is 0 Å². The fraction of sp³-hybridized carbons (Fsp3) is 0.632. The molecule has 1 heterocycles. The van der Waals surface area contributed by atoms with Gasteiger partial charge in [0.15, 0.2) is 6.61 Å². The summed E-state index contributed by atoms with van der Waals surface area (Å²) in [5, 5.41) is 4.02. The highest BCUT2D eigenvalue weighted by Gasteiger charge is 2.51. The van der Waals surface area contributed by atoms with E-state index < -0.39 is 11.8 Å². The molecule has 4 saturated carbocycles. The second-order valence-corrected chi connectivity index (χ2v) is 9.06. The molecular formula is C19H23NO4S. The van der Waals surface area contributed by atoms with E-state index in [0.29, 0.717) is 11.3 Å². The summed E-state index contributed by atoms with van der Waals surface area (Å²) in [7, 11) is 0. The van der Waals surface area contributed by atoms with Crippen LogP contribution in [0.2, 0.25) is 0 Å². The average molecular weight is 361 g/mol. The molecular weight excluding hydrogens is 338 g/mol. The van der Waals surface area contributed by atoms with Crippen LogP contribution in [0.5, 0.6) is 0 Å². The Bertz CT molecular complexity index is 646. The average Bonchev–Trinajstić information content (AvgIpc) is 3.05. The minimum absolute atomic E-state index is 0.106. The zero-order chi connectivity index (χ0) is 17.4. The number of hydrogen-bond acceptors (Lipinski definition) is 5. The molecule has 2 amide bonds. The maximum atomic E-state index is 12.3. The van der Waals surface area contributed by atoms with Crippen LogP contribution in [0.4, 0.5) is 0 Å². The Labute approximate surface area is 151 Å². The van der Waals surface area contributed by atoms with Crippen molar-refractivity contribution in [3.05, 3.63) is 22.4 Å². The molecule has 134 valence electrons. The Hall–Kier alpha value is -1.69. The molecule has 0 aromatic carbocycles. The number of esters is 1. The first-order chi connectivity index (χ1) is 12.0. The molecule has 1 aromatic heterocycles. The minimum Gasteiger partial charge on any atom is -0.456 e. The Morgan fingerprint density at radius 3 is 2.32 bits per heavy atom. The van der Waals surface area contributed by atoms with Crippen molar-refractivity contribution in [2.75, 3.05) is 6.61 Å². The minimum atomic E-state index is -0.572. The fourth-order valence-electron chi connectivity index (χ4n) is 5.64. The highest BCUT2D eigenvalue weighted by molar-refractivity contribution is 7.12. The van der Waals surface area contributed by atoms with Crippen molar-refractivity contribution < 1.29 is 19.1 Å². The third-order valence-corrected chi connectivity index (χ3v) is 6.92. The molecule has 0 radical (unpaired) electrons. The number of carbonyl (C=O) groups is 3. The van der Waals surface area contributed by atoms with E-state index in [-0.39, 0.29) is 18.0 Å². The third-order valence-electron chi connectivity index (χ3n) is 6.05. The van der Waals surface area contributed by atoms with Crippen molar-refractivity contribution in [3.63, 3.8) is 0 Å². The van der Waals surface area contributed by atoms with Crippen LogP contribution in [0.3, 0.4) is 0 Å². The van der Waals surface area contributed by atoms with E-state index in [9.17, 15) is 14.4 Å². The van der Waals surface area contributed by atoms with Gasteiger partial charge in [0.2, 0.25) is 0 Å². The first-order valence-electron chi connectivity index (χ1n) is 9.05. The molecule has 0 spiro atoms. The second kappa shape index (κ2) is 6.56. The van der Waals surface area contributed by atoms with Gasteiger partial charge < -0.3 is 4.74 Å². The van der Waals surface area contributed by atoms with Crippen LogP contribution in [0.1, 0.15) is 54.6 Å². The monoisotopic (exact) mass is 361 g/mol. The van der Waals surface area contributed by atoms with Crippen LogP contribution in [0.15, 0.2) is 17.5 Å². The normalized spacial score (nSPS) is 32.4. The van der Waals surface area contributed by atoms with Gasteiger partial charge in [-0.2, -0.15) is 0 Å². The number of ether oxygens (including phenoxy) is 1. The smallest absolute Gasteiger partial charge is 0.306 e. The van der Waals surface area contributed by atoms with Crippen molar-refractivity contribution >= 4 is 29.1 Å². The van der Waals surface area contributed by atoms with Gasteiger partial charge in [0.05, 0.1) is 11.3 Å². The number of amides is 2. The molecule has 1 N–H and O–H groups in total. The summed E-state index contributed by atoms with van der Waals surface area (Å²) in [4.78, 5) is 36.3. The fourth-order valence-corrected chi connectivity index (χ4v) is 6.26. The third kappa shape index (κ3) is 3.64. The van der Waals surface area contributed by atoms with Crippen LogP contribution >= 0.6 is 11.3 Å². The maximum absolute atomic E-state index is 12.3. The zero-order valence-electron chi connectivity index (χ0n) is 14.2. The quantitative estimate of drug-likeness (QED) is 0.818. The molecule has 0 unspecified atom stereocenters. The number of thiophene rings is 1. The van der Waals surface area contributed by atoms with E-state index >= 15 is 0 Å². The van der Waals surface area contributed by atoms with Crippen LogP contribution in [-0.2, 0) is 14.3 Å². The predicted molar refractivity (Wildman–Crippen MR) is 93.0 cm³/mol. The van der Waals surface area contributed by atoms with E-state index in [1.807, 2.05) is 0 Å². The van der Waals surface area contributed by atoms with E-state index in [1.54, 1.807) is 17.5 Å². The molecule has 6 heteroatoms. The van der Waals surface area contributed by atoms with Crippen LogP contribution in [-0.4, -0.2) is 24.4 Å². The summed E-state index contributed by atoms with van der Waals surface area (Å²) < 4.78 is 5.16. The SMILES string of the molecule is O=C(COC(=O)CC12CC3CC(CC(C3)C1)C2)NC(=O)c1cccs1. The molecule has 4 aliphatic carbocycles. The molecule has 5 rings (SSSR count). The highest BCUT2D eigenvalue weighted by Crippen LogP contribution is 2.61. The van der Waals surface area contributed by atoms with Crippen LogP contribution < -0.4 is 5.32 Å². The first-order valence-corrected chi connectivity index (χ1v) is 9.93. The van der Waals surface area contributed by atoms with E-state index in [1.165, 1.54) is 30.6 Å². The van der Waals surface area contributed by atoms with Crippen LogP contribution in [0.25, 0.3) is 0 Å². The Morgan fingerprint density at radius 1 is 1.12 bits per heavy atom. The number of rotatable bonds is 5. The molecule has 5 nitrogen and oxygen atoms in total. The van der Waals surface area contributed by atoms with E-state index in [4.69, 9.17) is 4.74 Å². The lowest BCUT2D eigenvalue weighted by molar-refractivity contribution is -0.155. The van der Waals surface area contributed by atoms with Gasteiger partial charge in [-0.15, -0.1) is 11.3 Å². The van der Waals surface area contributed by atoms with Gasteiger partial charge in [-0.05, 0) is 73.1 Å².